The van der Waals surface area contributed by atoms with E-state index in [4.69, 9.17) is 1.37 Å². The van der Waals surface area contributed by atoms with Crippen molar-refractivity contribution in [3.05, 3.63) is 30.7 Å². The Bertz CT molecular complexity index is 355. The van der Waals surface area contributed by atoms with Gasteiger partial charge in [0.25, 0.3) is 0 Å². The fourth-order valence-corrected chi connectivity index (χ4v) is 0.710. The van der Waals surface area contributed by atoms with Crippen LogP contribution in [0.2, 0.25) is 0 Å². The summed E-state index contributed by atoms with van der Waals surface area (Å²) < 4.78 is 8.93. The highest BCUT2D eigenvalue weighted by molar-refractivity contribution is 5.34. The van der Waals surface area contributed by atoms with Crippen LogP contribution in [0.25, 0.3) is 5.65 Å². The Labute approximate surface area is 53.4 Å². The highest BCUT2D eigenvalue weighted by Gasteiger charge is 1.86. The van der Waals surface area contributed by atoms with Crippen molar-refractivity contribution in [2.24, 2.45) is 0 Å². The average molecular weight is 120 g/mol. The molecule has 44 valence electrons. The van der Waals surface area contributed by atoms with Crippen molar-refractivity contribution in [3.8, 4) is 0 Å². The monoisotopic (exact) mass is 120 g/mol. The van der Waals surface area contributed by atoms with Crippen molar-refractivity contribution in [1.29, 1.82) is 0 Å². The molecule has 0 saturated carbocycles. The fraction of sp³-hybridized carbons (Fsp3) is 0. The van der Waals surface area contributed by atoms with E-state index in [9.17, 15) is 0 Å². The standard InChI is InChI=1S/C6H5N3/c1-2-4-9-6(3-1)7-5-8-9/h1-5H/i3D. The third kappa shape index (κ3) is 0.579. The number of fused-ring (bicyclic) bond motifs is 1. The van der Waals surface area contributed by atoms with Crippen LogP contribution >= 0.6 is 0 Å². The van der Waals surface area contributed by atoms with E-state index in [0.29, 0.717) is 11.7 Å². The second-order valence-electron chi connectivity index (χ2n) is 1.68. The Hall–Kier alpha value is -1.38. The molecule has 0 amide bonds. The summed E-state index contributed by atoms with van der Waals surface area (Å²) >= 11 is 0. The van der Waals surface area contributed by atoms with Crippen molar-refractivity contribution in [2.75, 3.05) is 0 Å². The molecule has 0 fully saturated rings. The molecule has 0 aromatic carbocycles. The Kier molecular flexibility index (Phi) is 0.621. The molecule has 0 atom stereocenters. The minimum Gasteiger partial charge on any atom is -0.221 e. The van der Waals surface area contributed by atoms with Gasteiger partial charge in [-0.25, -0.2) is 9.50 Å². The number of rotatable bonds is 0. The Morgan fingerprint density at radius 2 is 2.56 bits per heavy atom. The lowest BCUT2D eigenvalue weighted by molar-refractivity contribution is 0.961. The molecule has 0 spiro atoms. The van der Waals surface area contributed by atoms with Crippen molar-refractivity contribution >= 4 is 5.65 Å². The van der Waals surface area contributed by atoms with Crippen molar-refractivity contribution in [3.63, 3.8) is 0 Å². The second-order valence-corrected chi connectivity index (χ2v) is 1.68. The quantitative estimate of drug-likeness (QED) is 0.513. The SMILES string of the molecule is [2H]c1cccn2ncnc12. The van der Waals surface area contributed by atoms with Gasteiger partial charge in [0.05, 0.1) is 1.37 Å². The predicted molar refractivity (Wildman–Crippen MR) is 33.0 cm³/mol. The molecular formula is C6H5N3. The van der Waals surface area contributed by atoms with Gasteiger partial charge in [0, 0.05) is 6.20 Å². The van der Waals surface area contributed by atoms with Gasteiger partial charge < -0.3 is 0 Å². The van der Waals surface area contributed by atoms with E-state index >= 15 is 0 Å². The van der Waals surface area contributed by atoms with Crippen LogP contribution in [0.3, 0.4) is 0 Å². The first-order valence-corrected chi connectivity index (χ1v) is 2.63. The molecule has 2 aromatic heterocycles. The molecule has 0 N–H and O–H groups in total. The van der Waals surface area contributed by atoms with Gasteiger partial charge >= 0.3 is 0 Å². The van der Waals surface area contributed by atoms with Crippen LogP contribution in [0, 0.1) is 0 Å². The van der Waals surface area contributed by atoms with Gasteiger partial charge in [-0.1, -0.05) is 6.07 Å². The molecule has 0 aliphatic rings. The smallest absolute Gasteiger partial charge is 0.155 e. The van der Waals surface area contributed by atoms with Crippen LogP contribution in [0.5, 0.6) is 0 Å². The van der Waals surface area contributed by atoms with Crippen LogP contribution in [-0.2, 0) is 0 Å². The topological polar surface area (TPSA) is 30.2 Å². The molecule has 0 radical (unpaired) electrons. The van der Waals surface area contributed by atoms with Crippen LogP contribution in [0.15, 0.2) is 30.7 Å². The lowest BCUT2D eigenvalue weighted by Gasteiger charge is -1.84. The maximum absolute atomic E-state index is 7.36. The first kappa shape index (κ1) is 3.61. The summed E-state index contributed by atoms with van der Waals surface area (Å²) in [5.41, 5.74) is 0.600. The molecule has 0 aliphatic heterocycles. The normalized spacial score (nSPS) is 11.8. The van der Waals surface area contributed by atoms with E-state index in [2.05, 4.69) is 10.1 Å². The highest BCUT2D eigenvalue weighted by Crippen LogP contribution is 1.93. The zero-order valence-electron chi connectivity index (χ0n) is 5.65. The van der Waals surface area contributed by atoms with Crippen LogP contribution in [0.1, 0.15) is 1.37 Å². The summed E-state index contributed by atoms with van der Waals surface area (Å²) in [5.74, 6) is 0. The number of hydrogen-bond acceptors (Lipinski definition) is 2. The van der Waals surface area contributed by atoms with E-state index in [1.54, 1.807) is 22.8 Å². The minimum absolute atomic E-state index is 0.403. The minimum atomic E-state index is 0.403. The van der Waals surface area contributed by atoms with Gasteiger partial charge in [-0.2, -0.15) is 5.10 Å². The molecule has 3 nitrogen and oxygen atoms in total. The zero-order valence-corrected chi connectivity index (χ0v) is 4.65. The summed E-state index contributed by atoms with van der Waals surface area (Å²) in [6, 6.07) is 3.86. The summed E-state index contributed by atoms with van der Waals surface area (Å²) in [6.45, 7) is 0. The van der Waals surface area contributed by atoms with Gasteiger partial charge in [-0.05, 0) is 12.1 Å². The maximum Gasteiger partial charge on any atom is 0.155 e. The van der Waals surface area contributed by atoms with Crippen molar-refractivity contribution < 1.29 is 1.37 Å². The van der Waals surface area contributed by atoms with Crippen LogP contribution in [-0.4, -0.2) is 14.6 Å². The van der Waals surface area contributed by atoms with Gasteiger partial charge in [-0.15, -0.1) is 0 Å². The average Bonchev–Trinajstić information content (AvgIpc) is 2.36. The maximum atomic E-state index is 7.36. The molecule has 2 heterocycles. The van der Waals surface area contributed by atoms with E-state index in [1.165, 1.54) is 6.33 Å². The van der Waals surface area contributed by atoms with E-state index in [0.717, 1.165) is 0 Å². The highest BCUT2D eigenvalue weighted by atomic mass is 15.3. The lowest BCUT2D eigenvalue weighted by atomic mass is 10.5. The van der Waals surface area contributed by atoms with Crippen LogP contribution < -0.4 is 0 Å². The molecule has 3 heteroatoms. The van der Waals surface area contributed by atoms with E-state index < -0.39 is 0 Å². The second kappa shape index (κ2) is 1.55. The first-order valence-electron chi connectivity index (χ1n) is 3.13. The van der Waals surface area contributed by atoms with E-state index in [1.807, 2.05) is 0 Å². The Balaban J connectivity index is 2.95. The number of nitrogens with zero attached hydrogens (tertiary/aromatic N) is 3. The number of pyridine rings is 1. The predicted octanol–water partition coefficient (Wildman–Crippen LogP) is 0.729. The molecule has 0 saturated heterocycles. The summed E-state index contributed by atoms with van der Waals surface area (Å²) in [6.07, 6.45) is 3.20. The third-order valence-electron chi connectivity index (χ3n) is 1.11. The molecule has 0 aliphatic carbocycles. The number of aromatic nitrogens is 3. The van der Waals surface area contributed by atoms with Crippen molar-refractivity contribution in [2.45, 2.75) is 0 Å². The van der Waals surface area contributed by atoms with Crippen molar-refractivity contribution in [1.82, 2.24) is 14.6 Å². The van der Waals surface area contributed by atoms with Gasteiger partial charge in [-0.3, -0.25) is 0 Å². The molecule has 0 bridgehead atoms. The fourth-order valence-electron chi connectivity index (χ4n) is 0.710. The summed E-state index contributed by atoms with van der Waals surface area (Å²) in [5, 5.41) is 3.87. The van der Waals surface area contributed by atoms with Gasteiger partial charge in [0.2, 0.25) is 0 Å². The molecule has 0 unspecified atom stereocenters. The molecular weight excluding hydrogens is 114 g/mol. The first-order chi connectivity index (χ1) is 4.88. The third-order valence-corrected chi connectivity index (χ3v) is 1.11. The van der Waals surface area contributed by atoms with Gasteiger partial charge in [0.1, 0.15) is 6.33 Å². The molecule has 9 heavy (non-hydrogen) atoms. The Morgan fingerprint density at radius 1 is 1.56 bits per heavy atom. The Morgan fingerprint density at radius 3 is 3.44 bits per heavy atom. The lowest BCUT2D eigenvalue weighted by Crippen LogP contribution is -1.82. The van der Waals surface area contributed by atoms with Crippen LogP contribution in [0.4, 0.5) is 0 Å². The summed E-state index contributed by atoms with van der Waals surface area (Å²) in [4.78, 5) is 3.88. The largest absolute Gasteiger partial charge is 0.221 e. The molecule has 2 aromatic rings. The van der Waals surface area contributed by atoms with E-state index in [-0.39, 0.29) is 0 Å². The summed E-state index contributed by atoms with van der Waals surface area (Å²) in [7, 11) is 0. The zero-order chi connectivity index (χ0) is 6.97. The molecule has 2 rings (SSSR count). The number of hydrogen-bond donors (Lipinski definition) is 0. The van der Waals surface area contributed by atoms with Gasteiger partial charge in [0.15, 0.2) is 5.65 Å².